The first-order valence-electron chi connectivity index (χ1n) is 10.1. The van der Waals surface area contributed by atoms with Crippen LogP contribution >= 0.6 is 0 Å². The van der Waals surface area contributed by atoms with Gasteiger partial charge in [-0.3, -0.25) is 9.59 Å². The maximum absolute atomic E-state index is 12.8. The Bertz CT molecular complexity index is 810. The van der Waals surface area contributed by atoms with E-state index < -0.39 is 34.6 Å². The molecule has 0 heterocycles. The average Bonchev–Trinajstić information content (AvgIpc) is 3.06. The zero-order valence-electron chi connectivity index (χ0n) is 17.1. The number of Topliss-reactive ketones (excluding diaryl/α,β-unsaturated/α-hetero) is 1. The van der Waals surface area contributed by atoms with Crippen LogP contribution in [0.2, 0.25) is 0 Å². The number of aliphatic hydroxyl groups is 3. The Hall–Kier alpha value is -1.50. The Morgan fingerprint density at radius 2 is 1.96 bits per heavy atom. The molecule has 0 saturated heterocycles. The minimum Gasteiger partial charge on any atom is -0.456 e. The fourth-order valence-corrected chi connectivity index (χ4v) is 6.96. The van der Waals surface area contributed by atoms with Gasteiger partial charge < -0.3 is 20.1 Å². The minimum absolute atomic E-state index is 0.0877. The molecule has 2 fully saturated rings. The third-order valence-electron chi connectivity index (χ3n) is 8.12. The predicted octanol–water partition coefficient (Wildman–Crippen LogP) is 1.39. The molecular formula is C22H30O6. The second kappa shape index (κ2) is 5.77. The Morgan fingerprint density at radius 1 is 1.32 bits per heavy atom. The zero-order valence-corrected chi connectivity index (χ0v) is 17.1. The Kier molecular flexibility index (Phi) is 4.08. The molecule has 4 aliphatic rings. The van der Waals surface area contributed by atoms with E-state index in [1.54, 1.807) is 6.92 Å². The lowest BCUT2D eigenvalue weighted by Gasteiger charge is -2.46. The van der Waals surface area contributed by atoms with Crippen LogP contribution in [-0.2, 0) is 14.3 Å². The Labute approximate surface area is 165 Å². The van der Waals surface area contributed by atoms with E-state index >= 15 is 0 Å². The van der Waals surface area contributed by atoms with Crippen molar-refractivity contribution in [3.05, 3.63) is 23.3 Å². The summed E-state index contributed by atoms with van der Waals surface area (Å²) in [6, 6.07) is 0. The molecule has 4 aliphatic carbocycles. The molecule has 154 valence electrons. The van der Waals surface area contributed by atoms with E-state index in [1.807, 2.05) is 32.9 Å². The van der Waals surface area contributed by atoms with E-state index in [0.717, 1.165) is 0 Å². The van der Waals surface area contributed by atoms with Crippen LogP contribution in [0.25, 0.3) is 0 Å². The van der Waals surface area contributed by atoms with Crippen molar-refractivity contribution >= 4 is 11.8 Å². The summed E-state index contributed by atoms with van der Waals surface area (Å²) in [7, 11) is 0. The van der Waals surface area contributed by atoms with Crippen molar-refractivity contribution in [3.63, 3.8) is 0 Å². The summed E-state index contributed by atoms with van der Waals surface area (Å²) >= 11 is 0. The third kappa shape index (κ3) is 2.14. The second-order valence-electron chi connectivity index (χ2n) is 9.83. The van der Waals surface area contributed by atoms with Gasteiger partial charge in [0.2, 0.25) is 0 Å². The highest BCUT2D eigenvalue weighted by Gasteiger charge is 2.83. The van der Waals surface area contributed by atoms with Crippen LogP contribution in [0, 0.1) is 35.0 Å². The van der Waals surface area contributed by atoms with Crippen LogP contribution in [-0.4, -0.2) is 51.0 Å². The van der Waals surface area contributed by atoms with Gasteiger partial charge >= 0.3 is 5.97 Å². The molecule has 0 aromatic heterocycles. The maximum Gasteiger partial charge on any atom is 0.303 e. The molecule has 0 aliphatic heterocycles. The number of hydrogen-bond acceptors (Lipinski definition) is 6. The van der Waals surface area contributed by atoms with Gasteiger partial charge in [-0.05, 0) is 35.8 Å². The topological polar surface area (TPSA) is 104 Å². The van der Waals surface area contributed by atoms with Gasteiger partial charge in [0.25, 0.3) is 0 Å². The molecule has 6 heteroatoms. The van der Waals surface area contributed by atoms with Gasteiger partial charge in [-0.15, -0.1) is 0 Å². The van der Waals surface area contributed by atoms with Crippen LogP contribution in [0.4, 0.5) is 0 Å². The van der Waals surface area contributed by atoms with Crippen molar-refractivity contribution in [2.24, 2.45) is 35.0 Å². The summed E-state index contributed by atoms with van der Waals surface area (Å²) in [4.78, 5) is 24.7. The molecule has 2 unspecified atom stereocenters. The monoisotopic (exact) mass is 390 g/mol. The first-order valence-corrected chi connectivity index (χ1v) is 10.1. The van der Waals surface area contributed by atoms with Crippen LogP contribution in [0.3, 0.4) is 0 Å². The van der Waals surface area contributed by atoms with Crippen molar-refractivity contribution in [1.82, 2.24) is 0 Å². The van der Waals surface area contributed by atoms with E-state index in [1.165, 1.54) is 6.92 Å². The average molecular weight is 390 g/mol. The highest BCUT2D eigenvalue weighted by Crippen LogP contribution is 2.75. The fraction of sp³-hybridized carbons (Fsp3) is 0.727. The molecule has 4 rings (SSSR count). The van der Waals surface area contributed by atoms with Gasteiger partial charge in [0.1, 0.15) is 11.2 Å². The van der Waals surface area contributed by atoms with Crippen molar-refractivity contribution in [2.45, 2.75) is 58.3 Å². The lowest BCUT2D eigenvalue weighted by molar-refractivity contribution is -0.176. The quantitative estimate of drug-likeness (QED) is 0.486. The predicted molar refractivity (Wildman–Crippen MR) is 101 cm³/mol. The molecule has 3 N–H and O–H groups in total. The number of aliphatic hydroxyl groups excluding tert-OH is 2. The van der Waals surface area contributed by atoms with E-state index in [9.17, 15) is 24.9 Å². The number of carbonyl (C=O) groups excluding carboxylic acids is 2. The highest BCUT2D eigenvalue weighted by atomic mass is 16.6. The second-order valence-corrected chi connectivity index (χ2v) is 9.83. The molecule has 0 spiro atoms. The molecule has 8 atom stereocenters. The number of esters is 1. The number of carbonyl (C=O) groups is 2. The molecule has 2 saturated carbocycles. The summed E-state index contributed by atoms with van der Waals surface area (Å²) in [6.45, 7) is 8.71. The van der Waals surface area contributed by atoms with Crippen LogP contribution in [0.5, 0.6) is 0 Å². The number of ketones is 1. The lowest BCUT2D eigenvalue weighted by Crippen LogP contribution is -2.54. The smallest absolute Gasteiger partial charge is 0.303 e. The maximum atomic E-state index is 12.8. The number of allylic oxidation sites excluding steroid dienone is 1. The van der Waals surface area contributed by atoms with Crippen LogP contribution in [0.15, 0.2) is 23.3 Å². The van der Waals surface area contributed by atoms with E-state index in [2.05, 4.69) is 0 Å². The first kappa shape index (κ1) is 19.8. The molecular weight excluding hydrogens is 360 g/mol. The minimum atomic E-state index is -1.59. The molecule has 0 radical (unpaired) electrons. The molecule has 0 aromatic rings. The molecule has 0 aromatic carbocycles. The third-order valence-corrected chi connectivity index (χ3v) is 8.12. The van der Waals surface area contributed by atoms with Crippen LogP contribution in [0.1, 0.15) is 41.0 Å². The number of hydrogen-bond donors (Lipinski definition) is 3. The van der Waals surface area contributed by atoms with Gasteiger partial charge in [0.05, 0.1) is 12.7 Å². The zero-order chi connectivity index (χ0) is 20.8. The van der Waals surface area contributed by atoms with Crippen molar-refractivity contribution in [2.75, 3.05) is 6.61 Å². The van der Waals surface area contributed by atoms with Crippen molar-refractivity contribution in [1.29, 1.82) is 0 Å². The molecule has 6 nitrogen and oxygen atoms in total. The Morgan fingerprint density at radius 3 is 2.54 bits per heavy atom. The summed E-state index contributed by atoms with van der Waals surface area (Å²) in [6.07, 6.45) is 3.00. The van der Waals surface area contributed by atoms with Gasteiger partial charge in [-0.1, -0.05) is 32.9 Å². The van der Waals surface area contributed by atoms with E-state index in [-0.39, 0.29) is 42.5 Å². The largest absolute Gasteiger partial charge is 0.456 e. The molecule has 0 bridgehead atoms. The van der Waals surface area contributed by atoms with E-state index in [4.69, 9.17) is 4.74 Å². The van der Waals surface area contributed by atoms with E-state index in [0.29, 0.717) is 11.1 Å². The summed E-state index contributed by atoms with van der Waals surface area (Å²) in [5.74, 6) is -1.93. The number of ether oxygens (including phenoxy) is 1. The summed E-state index contributed by atoms with van der Waals surface area (Å²) < 4.78 is 5.76. The standard InChI is InChI=1S/C22H30O6/c1-10-6-15-16-11(2)19(26)22(28-12(3)24)17(20(22,4)5)14(16)7-13(9-23)8-21(15,27)18(10)25/h6-7,11,14-17,19,23,26-27H,8-9H2,1-5H3/t11-,14+,15?,16?,17+,19+,21+,22+/m0/s1. The van der Waals surface area contributed by atoms with Gasteiger partial charge in [-0.2, -0.15) is 0 Å². The Balaban J connectivity index is 1.88. The highest BCUT2D eigenvalue weighted by molar-refractivity contribution is 6.04. The fourth-order valence-electron chi connectivity index (χ4n) is 6.96. The van der Waals surface area contributed by atoms with Gasteiger partial charge in [0, 0.05) is 30.6 Å². The lowest BCUT2D eigenvalue weighted by atomic mass is 9.62. The first-order chi connectivity index (χ1) is 12.9. The van der Waals surface area contributed by atoms with Crippen LogP contribution < -0.4 is 0 Å². The van der Waals surface area contributed by atoms with Crippen molar-refractivity contribution in [3.8, 4) is 0 Å². The number of fused-ring (bicyclic) bond motifs is 5. The van der Waals surface area contributed by atoms with Gasteiger partial charge in [0.15, 0.2) is 5.78 Å². The normalized spacial score (nSPS) is 48.5. The molecule has 28 heavy (non-hydrogen) atoms. The van der Waals surface area contributed by atoms with Crippen molar-refractivity contribution < 1.29 is 29.6 Å². The van der Waals surface area contributed by atoms with Gasteiger partial charge in [-0.25, -0.2) is 0 Å². The SMILES string of the molecule is CC(=O)O[C@@]12[C@H](O)[C@@H](C)C3C4C=C(C)C(=O)[C@@]4(O)CC(CO)=C[C@H]3[C@@H]1C2(C)C. The molecule has 0 amide bonds. The number of rotatable bonds is 2. The summed E-state index contributed by atoms with van der Waals surface area (Å²) in [5.41, 5.74) is -1.88. The summed E-state index contributed by atoms with van der Waals surface area (Å²) in [5, 5.41) is 32.6.